The molecule has 5 heteroatoms. The molecule has 0 aliphatic carbocycles. The van der Waals surface area contributed by atoms with Gasteiger partial charge in [0.2, 0.25) is 0 Å². The van der Waals surface area contributed by atoms with E-state index >= 15 is 0 Å². The first kappa shape index (κ1) is 14.9. The van der Waals surface area contributed by atoms with Gasteiger partial charge in [-0.15, -0.1) is 11.3 Å². The van der Waals surface area contributed by atoms with E-state index in [0.29, 0.717) is 5.69 Å². The van der Waals surface area contributed by atoms with Gasteiger partial charge in [0.25, 0.3) is 0 Å². The van der Waals surface area contributed by atoms with E-state index in [1.165, 1.54) is 10.9 Å². The maximum absolute atomic E-state index is 12.7. The lowest BCUT2D eigenvalue weighted by Crippen LogP contribution is -2.08. The highest BCUT2D eigenvalue weighted by Gasteiger charge is 2.30. The van der Waals surface area contributed by atoms with Crippen molar-refractivity contribution in [1.29, 1.82) is 0 Å². The van der Waals surface area contributed by atoms with Gasteiger partial charge >= 0.3 is 6.18 Å². The fourth-order valence-electron chi connectivity index (χ4n) is 1.92. The molecule has 0 saturated carbocycles. The summed E-state index contributed by atoms with van der Waals surface area (Å²) in [6, 6.07) is 9.37. The summed E-state index contributed by atoms with van der Waals surface area (Å²) < 4.78 is 38.0. The Morgan fingerprint density at radius 2 is 1.95 bits per heavy atom. The number of aryl methyl sites for hydroxylation is 1. The third-order valence-electron chi connectivity index (χ3n) is 3.03. The molecular formula is C15H16F3NS. The highest BCUT2D eigenvalue weighted by molar-refractivity contribution is 7.12. The Morgan fingerprint density at radius 3 is 2.55 bits per heavy atom. The zero-order chi connectivity index (χ0) is 14.8. The first-order valence-electron chi connectivity index (χ1n) is 6.42. The maximum Gasteiger partial charge on any atom is 0.416 e. The summed E-state index contributed by atoms with van der Waals surface area (Å²) in [5.74, 6) is 0. The minimum atomic E-state index is -4.31. The van der Waals surface area contributed by atoms with Gasteiger partial charge in [-0.1, -0.05) is 13.0 Å². The Kier molecular flexibility index (Phi) is 4.38. The number of benzene rings is 1. The quantitative estimate of drug-likeness (QED) is 0.785. The molecule has 1 N–H and O–H groups in total. The maximum atomic E-state index is 12.7. The summed E-state index contributed by atoms with van der Waals surface area (Å²) in [6.07, 6.45) is -3.33. The summed E-state index contributed by atoms with van der Waals surface area (Å²) >= 11 is 1.69. The summed E-state index contributed by atoms with van der Waals surface area (Å²) in [5.41, 5.74) is -0.145. The number of alkyl halides is 3. The van der Waals surface area contributed by atoms with Gasteiger partial charge < -0.3 is 5.32 Å². The van der Waals surface area contributed by atoms with Crippen LogP contribution in [0, 0.1) is 0 Å². The summed E-state index contributed by atoms with van der Waals surface area (Å²) in [5, 5.41) is 3.12. The predicted octanol–water partition coefficient (Wildman–Crippen LogP) is 5.50. The highest BCUT2D eigenvalue weighted by Crippen LogP contribution is 2.32. The van der Waals surface area contributed by atoms with Crippen LogP contribution in [0.5, 0.6) is 0 Å². The van der Waals surface area contributed by atoms with Crippen molar-refractivity contribution in [2.45, 2.75) is 32.5 Å². The second-order valence-electron chi connectivity index (χ2n) is 4.60. The Morgan fingerprint density at radius 1 is 1.20 bits per heavy atom. The average molecular weight is 299 g/mol. The van der Waals surface area contributed by atoms with Gasteiger partial charge in [0.15, 0.2) is 0 Å². The molecule has 0 radical (unpaired) electrons. The van der Waals surface area contributed by atoms with E-state index in [-0.39, 0.29) is 6.04 Å². The van der Waals surface area contributed by atoms with E-state index in [1.807, 2.05) is 13.0 Å². The lowest BCUT2D eigenvalue weighted by molar-refractivity contribution is -0.137. The van der Waals surface area contributed by atoms with Crippen LogP contribution in [0.2, 0.25) is 0 Å². The van der Waals surface area contributed by atoms with Gasteiger partial charge in [-0.2, -0.15) is 13.2 Å². The summed E-state index contributed by atoms with van der Waals surface area (Å²) in [6.45, 7) is 4.03. The van der Waals surface area contributed by atoms with Crippen LogP contribution in [0.1, 0.15) is 35.2 Å². The minimum absolute atomic E-state index is 0.0104. The van der Waals surface area contributed by atoms with Gasteiger partial charge in [0.1, 0.15) is 0 Å². The molecule has 1 aromatic carbocycles. The van der Waals surface area contributed by atoms with Crippen molar-refractivity contribution < 1.29 is 13.2 Å². The van der Waals surface area contributed by atoms with E-state index in [4.69, 9.17) is 0 Å². The molecule has 1 unspecified atom stereocenters. The van der Waals surface area contributed by atoms with E-state index in [0.717, 1.165) is 23.4 Å². The third kappa shape index (κ3) is 3.54. The van der Waals surface area contributed by atoms with Crippen molar-refractivity contribution in [3.63, 3.8) is 0 Å². The molecular weight excluding hydrogens is 283 g/mol. The van der Waals surface area contributed by atoms with Gasteiger partial charge in [0.05, 0.1) is 11.6 Å². The molecule has 108 valence electrons. The molecule has 2 rings (SSSR count). The fourth-order valence-corrected chi connectivity index (χ4v) is 2.88. The largest absolute Gasteiger partial charge is 0.416 e. The average Bonchev–Trinajstić information content (AvgIpc) is 2.87. The molecule has 0 bridgehead atoms. The Balaban J connectivity index is 2.13. The van der Waals surface area contributed by atoms with Crippen molar-refractivity contribution in [2.75, 3.05) is 5.32 Å². The van der Waals surface area contributed by atoms with Crippen LogP contribution in [-0.2, 0) is 12.6 Å². The standard InChI is InChI=1S/C15H16F3NS/c1-3-13-7-8-14(20-13)10(2)19-12-6-4-5-11(9-12)15(16,17)18/h4-10,19H,3H2,1-2H3. The summed E-state index contributed by atoms with van der Waals surface area (Å²) in [4.78, 5) is 2.40. The van der Waals surface area contributed by atoms with Crippen molar-refractivity contribution in [1.82, 2.24) is 0 Å². The second kappa shape index (κ2) is 5.87. The molecule has 0 aliphatic rings. The molecule has 2 aromatic rings. The topological polar surface area (TPSA) is 12.0 Å². The van der Waals surface area contributed by atoms with E-state index in [9.17, 15) is 13.2 Å². The second-order valence-corrected chi connectivity index (χ2v) is 5.80. The van der Waals surface area contributed by atoms with E-state index < -0.39 is 11.7 Å². The minimum Gasteiger partial charge on any atom is -0.378 e. The lowest BCUT2D eigenvalue weighted by Gasteiger charge is -2.15. The van der Waals surface area contributed by atoms with Gasteiger partial charge in [0, 0.05) is 15.4 Å². The van der Waals surface area contributed by atoms with Gasteiger partial charge in [-0.25, -0.2) is 0 Å². The molecule has 20 heavy (non-hydrogen) atoms. The first-order valence-corrected chi connectivity index (χ1v) is 7.24. The molecule has 0 aliphatic heterocycles. The molecule has 1 atom stereocenters. The Bertz CT molecular complexity index is 574. The third-order valence-corrected chi connectivity index (χ3v) is 4.44. The van der Waals surface area contributed by atoms with Crippen LogP contribution >= 0.6 is 11.3 Å². The first-order chi connectivity index (χ1) is 9.40. The number of hydrogen-bond acceptors (Lipinski definition) is 2. The molecule has 0 amide bonds. The molecule has 0 fully saturated rings. The molecule has 1 aromatic heterocycles. The van der Waals surface area contributed by atoms with Crippen LogP contribution in [0.25, 0.3) is 0 Å². The monoisotopic (exact) mass is 299 g/mol. The number of hydrogen-bond donors (Lipinski definition) is 1. The highest BCUT2D eigenvalue weighted by atomic mass is 32.1. The smallest absolute Gasteiger partial charge is 0.378 e. The number of nitrogens with one attached hydrogen (secondary N) is 1. The number of halogens is 3. The van der Waals surface area contributed by atoms with Crippen molar-refractivity contribution in [3.8, 4) is 0 Å². The van der Waals surface area contributed by atoms with Gasteiger partial charge in [-0.05, 0) is 43.7 Å². The van der Waals surface area contributed by atoms with Crippen molar-refractivity contribution in [3.05, 3.63) is 51.7 Å². The number of thiophene rings is 1. The van der Waals surface area contributed by atoms with Crippen molar-refractivity contribution in [2.24, 2.45) is 0 Å². The van der Waals surface area contributed by atoms with Crippen LogP contribution in [0.15, 0.2) is 36.4 Å². The van der Waals surface area contributed by atoms with E-state index in [2.05, 4.69) is 18.3 Å². The summed E-state index contributed by atoms with van der Waals surface area (Å²) in [7, 11) is 0. The lowest BCUT2D eigenvalue weighted by atomic mass is 10.1. The van der Waals surface area contributed by atoms with Crippen LogP contribution in [0.3, 0.4) is 0 Å². The molecule has 1 nitrogen and oxygen atoms in total. The van der Waals surface area contributed by atoms with Crippen molar-refractivity contribution >= 4 is 17.0 Å². The number of rotatable bonds is 4. The van der Waals surface area contributed by atoms with E-state index in [1.54, 1.807) is 17.4 Å². The Hall–Kier alpha value is -1.49. The molecule has 0 saturated heterocycles. The molecule has 0 spiro atoms. The van der Waals surface area contributed by atoms with Gasteiger partial charge in [-0.3, -0.25) is 0 Å². The van der Waals surface area contributed by atoms with Crippen LogP contribution in [0.4, 0.5) is 18.9 Å². The molecule has 1 heterocycles. The van der Waals surface area contributed by atoms with Crippen LogP contribution < -0.4 is 5.32 Å². The number of anilines is 1. The zero-order valence-electron chi connectivity index (χ0n) is 11.3. The fraction of sp³-hybridized carbons (Fsp3) is 0.333. The Labute approximate surface area is 120 Å². The zero-order valence-corrected chi connectivity index (χ0v) is 12.1. The normalized spacial score (nSPS) is 13.2. The predicted molar refractivity (Wildman–Crippen MR) is 77.2 cm³/mol. The SMILES string of the molecule is CCc1ccc(C(C)Nc2cccc(C(F)(F)F)c2)s1. The van der Waals surface area contributed by atoms with Crippen LogP contribution in [-0.4, -0.2) is 0 Å².